The zero-order chi connectivity index (χ0) is 22.8. The molecule has 1 atom stereocenters. The van der Waals surface area contributed by atoms with Crippen LogP contribution in [0.25, 0.3) is 0 Å². The van der Waals surface area contributed by atoms with Crippen molar-refractivity contribution >= 4 is 29.1 Å². The number of benzene rings is 2. The maximum absolute atomic E-state index is 13.3. The first-order chi connectivity index (χ1) is 14.7. The number of carbonyl (C=O) groups is 2. The van der Waals surface area contributed by atoms with Crippen molar-refractivity contribution in [1.82, 2.24) is 10.2 Å². The summed E-state index contributed by atoms with van der Waals surface area (Å²) in [4.78, 5) is 28.5. The van der Waals surface area contributed by atoms with Crippen molar-refractivity contribution < 1.29 is 22.8 Å². The van der Waals surface area contributed by atoms with E-state index in [1.165, 1.54) is 18.0 Å². The van der Waals surface area contributed by atoms with Crippen LogP contribution in [0.4, 0.5) is 18.9 Å². The molecule has 0 aliphatic carbocycles. The standard InChI is InChI=1S/C21H18ClF3N4O2/c1-27-19(30)18-12-28(14-7-6-13(11-26)16(10-14)21(23,24)25)8-9-29(18)20(31)15-4-2-3-5-17(15)22/h2-7,10,18H,8-9,12H2,1H3,(H,27,30). The largest absolute Gasteiger partial charge is 0.417 e. The molecule has 0 spiro atoms. The number of anilines is 1. The molecule has 2 amide bonds. The van der Waals surface area contributed by atoms with E-state index in [0.717, 1.165) is 12.1 Å². The van der Waals surface area contributed by atoms with Crippen LogP contribution in [0, 0.1) is 11.3 Å². The molecule has 1 unspecified atom stereocenters. The average molecular weight is 451 g/mol. The van der Waals surface area contributed by atoms with E-state index in [-0.39, 0.29) is 35.9 Å². The second-order valence-electron chi connectivity index (χ2n) is 6.89. The van der Waals surface area contributed by atoms with Gasteiger partial charge < -0.3 is 15.1 Å². The van der Waals surface area contributed by atoms with Gasteiger partial charge in [0.25, 0.3) is 5.91 Å². The van der Waals surface area contributed by atoms with E-state index in [4.69, 9.17) is 16.9 Å². The summed E-state index contributed by atoms with van der Waals surface area (Å²) in [7, 11) is 1.42. The lowest BCUT2D eigenvalue weighted by Crippen LogP contribution is -2.60. The summed E-state index contributed by atoms with van der Waals surface area (Å²) in [6.07, 6.45) is -4.69. The average Bonchev–Trinajstić information content (AvgIpc) is 2.77. The van der Waals surface area contributed by atoms with Crippen LogP contribution in [0.15, 0.2) is 42.5 Å². The number of nitrogens with one attached hydrogen (secondary N) is 1. The number of halogens is 4. The van der Waals surface area contributed by atoms with Crippen LogP contribution >= 0.6 is 11.6 Å². The lowest BCUT2D eigenvalue weighted by Gasteiger charge is -2.41. The Hall–Kier alpha value is -3.25. The topological polar surface area (TPSA) is 76.4 Å². The molecule has 1 fully saturated rings. The molecular weight excluding hydrogens is 433 g/mol. The number of alkyl halides is 3. The highest BCUT2D eigenvalue weighted by molar-refractivity contribution is 6.33. The Kier molecular flexibility index (Phi) is 6.41. The Morgan fingerprint density at radius 2 is 1.90 bits per heavy atom. The zero-order valence-electron chi connectivity index (χ0n) is 16.4. The Bertz CT molecular complexity index is 1050. The van der Waals surface area contributed by atoms with Crippen LogP contribution in [0.1, 0.15) is 21.5 Å². The molecule has 0 radical (unpaired) electrons. The highest BCUT2D eigenvalue weighted by Crippen LogP contribution is 2.35. The van der Waals surface area contributed by atoms with Crippen LogP contribution in [-0.4, -0.2) is 49.4 Å². The SMILES string of the molecule is CNC(=O)C1CN(c2ccc(C#N)c(C(F)(F)F)c2)CCN1C(=O)c1ccccc1Cl. The van der Waals surface area contributed by atoms with E-state index in [1.54, 1.807) is 35.2 Å². The molecule has 1 heterocycles. The molecule has 1 saturated heterocycles. The lowest BCUT2D eigenvalue weighted by atomic mass is 10.0. The van der Waals surface area contributed by atoms with E-state index in [2.05, 4.69) is 5.32 Å². The van der Waals surface area contributed by atoms with Gasteiger partial charge in [0.2, 0.25) is 5.91 Å². The third kappa shape index (κ3) is 4.59. The minimum atomic E-state index is -4.69. The first kappa shape index (κ1) is 22.4. The first-order valence-corrected chi connectivity index (χ1v) is 9.68. The maximum atomic E-state index is 13.3. The van der Waals surface area contributed by atoms with Gasteiger partial charge in [-0.1, -0.05) is 23.7 Å². The van der Waals surface area contributed by atoms with Gasteiger partial charge in [-0.05, 0) is 30.3 Å². The minimum absolute atomic E-state index is 0.0148. The smallest absolute Gasteiger partial charge is 0.367 e. The second kappa shape index (κ2) is 8.86. The van der Waals surface area contributed by atoms with E-state index in [9.17, 15) is 22.8 Å². The second-order valence-corrected chi connectivity index (χ2v) is 7.30. The third-order valence-electron chi connectivity index (χ3n) is 5.09. The summed E-state index contributed by atoms with van der Waals surface area (Å²) in [6, 6.07) is 10.5. The fourth-order valence-electron chi connectivity index (χ4n) is 3.50. The summed E-state index contributed by atoms with van der Waals surface area (Å²) in [5.74, 6) is -0.885. The number of carbonyl (C=O) groups excluding carboxylic acids is 2. The molecule has 1 aliphatic heterocycles. The molecule has 0 bridgehead atoms. The molecule has 1 aliphatic rings. The van der Waals surface area contributed by atoms with Crippen molar-refractivity contribution in [1.29, 1.82) is 5.26 Å². The van der Waals surface area contributed by atoms with E-state index < -0.39 is 35.2 Å². The molecule has 6 nitrogen and oxygen atoms in total. The number of amides is 2. The Morgan fingerprint density at radius 1 is 1.19 bits per heavy atom. The van der Waals surface area contributed by atoms with E-state index >= 15 is 0 Å². The van der Waals surface area contributed by atoms with Crippen molar-refractivity contribution in [3.8, 4) is 6.07 Å². The molecular formula is C21H18ClF3N4O2. The third-order valence-corrected chi connectivity index (χ3v) is 5.42. The van der Waals surface area contributed by atoms with Gasteiger partial charge in [0, 0.05) is 32.4 Å². The Morgan fingerprint density at radius 3 is 2.52 bits per heavy atom. The predicted molar refractivity (Wildman–Crippen MR) is 109 cm³/mol. The van der Waals surface area contributed by atoms with Crippen molar-refractivity contribution in [3.05, 3.63) is 64.2 Å². The fraction of sp³-hybridized carbons (Fsp3) is 0.286. The van der Waals surface area contributed by atoms with Gasteiger partial charge in [-0.3, -0.25) is 9.59 Å². The summed E-state index contributed by atoms with van der Waals surface area (Å²) >= 11 is 6.12. The van der Waals surface area contributed by atoms with Gasteiger partial charge in [0.05, 0.1) is 27.8 Å². The summed E-state index contributed by atoms with van der Waals surface area (Å²) < 4.78 is 40.0. The number of likely N-dealkylation sites (N-methyl/N-ethyl adjacent to an activating group) is 1. The van der Waals surface area contributed by atoms with Crippen molar-refractivity contribution in [2.75, 3.05) is 31.6 Å². The monoisotopic (exact) mass is 450 g/mol. The first-order valence-electron chi connectivity index (χ1n) is 9.30. The van der Waals surface area contributed by atoms with Gasteiger partial charge in [-0.2, -0.15) is 18.4 Å². The van der Waals surface area contributed by atoms with Gasteiger partial charge in [0.15, 0.2) is 0 Å². The molecule has 0 aromatic heterocycles. The van der Waals surface area contributed by atoms with Crippen molar-refractivity contribution in [3.63, 3.8) is 0 Å². The van der Waals surface area contributed by atoms with Crippen LogP contribution < -0.4 is 10.2 Å². The van der Waals surface area contributed by atoms with Crippen LogP contribution in [0.2, 0.25) is 5.02 Å². The van der Waals surface area contributed by atoms with Crippen molar-refractivity contribution in [2.24, 2.45) is 0 Å². The Balaban J connectivity index is 1.92. The van der Waals surface area contributed by atoms with E-state index in [1.807, 2.05) is 0 Å². The van der Waals surface area contributed by atoms with Gasteiger partial charge >= 0.3 is 6.18 Å². The van der Waals surface area contributed by atoms with Gasteiger partial charge in [-0.25, -0.2) is 0 Å². The molecule has 31 heavy (non-hydrogen) atoms. The number of rotatable bonds is 3. The van der Waals surface area contributed by atoms with Crippen LogP contribution in [0.5, 0.6) is 0 Å². The minimum Gasteiger partial charge on any atom is -0.367 e. The summed E-state index contributed by atoms with van der Waals surface area (Å²) in [5, 5.41) is 11.7. The molecule has 2 aromatic carbocycles. The molecule has 3 rings (SSSR count). The summed E-state index contributed by atoms with van der Waals surface area (Å²) in [6.45, 7) is 0.287. The normalized spacial score (nSPS) is 16.6. The highest BCUT2D eigenvalue weighted by atomic mass is 35.5. The van der Waals surface area contributed by atoms with Crippen LogP contribution in [0.3, 0.4) is 0 Å². The highest BCUT2D eigenvalue weighted by Gasteiger charge is 2.38. The van der Waals surface area contributed by atoms with Crippen molar-refractivity contribution in [2.45, 2.75) is 12.2 Å². The maximum Gasteiger partial charge on any atom is 0.417 e. The van der Waals surface area contributed by atoms with Gasteiger partial charge in [0.1, 0.15) is 6.04 Å². The number of piperazine rings is 1. The Labute approximate surface area is 181 Å². The molecule has 2 aromatic rings. The number of nitriles is 1. The molecule has 10 heteroatoms. The van der Waals surface area contributed by atoms with E-state index in [0.29, 0.717) is 0 Å². The predicted octanol–water partition coefficient (Wildman–Crippen LogP) is 3.31. The summed E-state index contributed by atoms with van der Waals surface area (Å²) in [5.41, 5.74) is -1.07. The van der Waals surface area contributed by atoms with Crippen LogP contribution in [-0.2, 0) is 11.0 Å². The number of hydrogen-bond acceptors (Lipinski definition) is 4. The lowest BCUT2D eigenvalue weighted by molar-refractivity contribution is -0.137. The molecule has 1 N–H and O–H groups in total. The zero-order valence-corrected chi connectivity index (χ0v) is 17.2. The quantitative estimate of drug-likeness (QED) is 0.778. The number of nitrogens with zero attached hydrogens (tertiary/aromatic N) is 3. The molecule has 0 saturated carbocycles. The fourth-order valence-corrected chi connectivity index (χ4v) is 3.72. The van der Waals surface area contributed by atoms with Gasteiger partial charge in [-0.15, -0.1) is 0 Å². The number of hydrogen-bond donors (Lipinski definition) is 1. The molecule has 162 valence electrons.